The van der Waals surface area contributed by atoms with Crippen molar-refractivity contribution in [3.05, 3.63) is 12.7 Å². The first-order valence-electron chi connectivity index (χ1n) is 5.61. The Balaban J connectivity index is 2.80. The maximum Gasteiger partial charge on any atom is 0.411 e. The van der Waals surface area contributed by atoms with Gasteiger partial charge in [-0.05, 0) is 27.2 Å². The van der Waals surface area contributed by atoms with Gasteiger partial charge in [0.25, 0.3) is 0 Å². The summed E-state index contributed by atoms with van der Waals surface area (Å²) in [5.41, 5.74) is -0.619. The van der Waals surface area contributed by atoms with Crippen molar-refractivity contribution >= 4 is 12.1 Å². The molecule has 1 aliphatic rings. The second-order valence-corrected chi connectivity index (χ2v) is 5.15. The number of likely N-dealkylation sites (tertiary alicyclic amines) is 1. The zero-order valence-corrected chi connectivity index (χ0v) is 10.5. The molecule has 1 fully saturated rings. The van der Waals surface area contributed by atoms with Crippen molar-refractivity contribution in [2.45, 2.75) is 38.8 Å². The Morgan fingerprint density at radius 1 is 1.47 bits per heavy atom. The lowest BCUT2D eigenvalue weighted by Gasteiger charge is -2.27. The third-order valence-electron chi connectivity index (χ3n) is 2.63. The highest BCUT2D eigenvalue weighted by Gasteiger charge is 2.42. The van der Waals surface area contributed by atoms with Crippen molar-refractivity contribution in [3.63, 3.8) is 0 Å². The summed E-state index contributed by atoms with van der Waals surface area (Å²) in [7, 11) is 0. The molecule has 96 valence electrons. The molecule has 2 atom stereocenters. The summed E-state index contributed by atoms with van der Waals surface area (Å²) < 4.78 is 5.18. The zero-order valence-electron chi connectivity index (χ0n) is 10.5. The van der Waals surface area contributed by atoms with Crippen molar-refractivity contribution in [1.82, 2.24) is 4.90 Å². The first kappa shape index (κ1) is 13.5. The number of rotatable bonds is 2. The molecule has 0 saturated carbocycles. The van der Waals surface area contributed by atoms with Crippen LogP contribution in [0.2, 0.25) is 0 Å². The summed E-state index contributed by atoms with van der Waals surface area (Å²) in [4.78, 5) is 24.3. The van der Waals surface area contributed by atoms with Gasteiger partial charge in [0, 0.05) is 12.5 Å². The number of amides is 1. The molecule has 1 rings (SSSR count). The molecule has 1 N–H and O–H groups in total. The Morgan fingerprint density at radius 2 is 2.06 bits per heavy atom. The van der Waals surface area contributed by atoms with Crippen LogP contribution in [0, 0.1) is 5.92 Å². The van der Waals surface area contributed by atoms with E-state index in [1.54, 1.807) is 26.8 Å². The van der Waals surface area contributed by atoms with E-state index in [1.165, 1.54) is 4.90 Å². The Hall–Kier alpha value is -1.52. The molecule has 17 heavy (non-hydrogen) atoms. The van der Waals surface area contributed by atoms with Crippen LogP contribution >= 0.6 is 0 Å². The molecular formula is C12H19NO4. The molecule has 1 unspecified atom stereocenters. The molecule has 1 heterocycles. The van der Waals surface area contributed by atoms with Gasteiger partial charge in [-0.25, -0.2) is 9.59 Å². The van der Waals surface area contributed by atoms with Gasteiger partial charge in [-0.3, -0.25) is 4.90 Å². The highest BCUT2D eigenvalue weighted by molar-refractivity contribution is 5.81. The standard InChI is InChI=1S/C12H19NO4/c1-5-8-6-7-13(9(8)10(14)15)11(16)17-12(2,3)4/h5,8-9H,1,6-7H2,2-4H3,(H,14,15)/t8?,9-/m0/s1. The Morgan fingerprint density at radius 3 is 2.47 bits per heavy atom. The molecular weight excluding hydrogens is 222 g/mol. The monoisotopic (exact) mass is 241 g/mol. The van der Waals surface area contributed by atoms with Crippen molar-refractivity contribution in [2.24, 2.45) is 5.92 Å². The second-order valence-electron chi connectivity index (χ2n) is 5.15. The molecule has 0 aromatic carbocycles. The summed E-state index contributed by atoms with van der Waals surface area (Å²) >= 11 is 0. The predicted molar refractivity (Wildman–Crippen MR) is 62.7 cm³/mol. The van der Waals surface area contributed by atoms with E-state index >= 15 is 0 Å². The van der Waals surface area contributed by atoms with Crippen LogP contribution in [0.5, 0.6) is 0 Å². The molecule has 5 nitrogen and oxygen atoms in total. The number of ether oxygens (including phenoxy) is 1. The number of carbonyl (C=O) groups is 2. The SMILES string of the molecule is C=CC1CCN(C(=O)OC(C)(C)C)[C@@H]1C(=O)O. The van der Waals surface area contributed by atoms with E-state index in [-0.39, 0.29) is 5.92 Å². The van der Waals surface area contributed by atoms with Gasteiger partial charge in [-0.2, -0.15) is 0 Å². The Labute approximate surface area is 101 Å². The van der Waals surface area contributed by atoms with Gasteiger partial charge >= 0.3 is 12.1 Å². The second kappa shape index (κ2) is 4.77. The minimum absolute atomic E-state index is 0.208. The highest BCUT2D eigenvalue weighted by atomic mass is 16.6. The molecule has 1 aliphatic heterocycles. The van der Waals surface area contributed by atoms with Crippen LogP contribution in [0.15, 0.2) is 12.7 Å². The number of carboxylic acids is 1. The van der Waals surface area contributed by atoms with Gasteiger partial charge in [0.1, 0.15) is 11.6 Å². The fourth-order valence-corrected chi connectivity index (χ4v) is 1.90. The Bertz CT molecular complexity index is 332. The van der Waals surface area contributed by atoms with Crippen LogP contribution in [0.3, 0.4) is 0 Å². The number of carboxylic acid groups (broad SMARTS) is 1. The van der Waals surface area contributed by atoms with Crippen molar-refractivity contribution in [3.8, 4) is 0 Å². The maximum atomic E-state index is 11.8. The lowest BCUT2D eigenvalue weighted by Crippen LogP contribution is -2.45. The molecule has 0 aromatic heterocycles. The van der Waals surface area contributed by atoms with Gasteiger partial charge in [-0.1, -0.05) is 6.08 Å². The minimum atomic E-state index is -1.02. The van der Waals surface area contributed by atoms with Gasteiger partial charge in [0.2, 0.25) is 0 Å². The Kier molecular flexibility index (Phi) is 3.80. The highest BCUT2D eigenvalue weighted by Crippen LogP contribution is 2.27. The number of nitrogens with zero attached hydrogens (tertiary/aromatic N) is 1. The van der Waals surface area contributed by atoms with Crippen LogP contribution < -0.4 is 0 Å². The van der Waals surface area contributed by atoms with E-state index in [0.717, 1.165) is 0 Å². The van der Waals surface area contributed by atoms with Crippen LogP contribution in [-0.4, -0.2) is 40.3 Å². The summed E-state index contributed by atoms with van der Waals surface area (Å²) in [6.45, 7) is 9.25. The number of aliphatic carboxylic acids is 1. The molecule has 1 saturated heterocycles. The largest absolute Gasteiger partial charge is 0.480 e. The third kappa shape index (κ3) is 3.22. The molecule has 5 heteroatoms. The van der Waals surface area contributed by atoms with Crippen LogP contribution in [0.4, 0.5) is 4.79 Å². The average Bonchev–Trinajstić information content (AvgIpc) is 2.57. The molecule has 0 bridgehead atoms. The van der Waals surface area contributed by atoms with Gasteiger partial charge in [0.15, 0.2) is 0 Å². The van der Waals surface area contributed by atoms with E-state index in [1.807, 2.05) is 0 Å². The third-order valence-corrected chi connectivity index (χ3v) is 2.63. The number of hydrogen-bond donors (Lipinski definition) is 1. The summed E-state index contributed by atoms with van der Waals surface area (Å²) in [6, 6.07) is -0.859. The molecule has 0 aromatic rings. The van der Waals surface area contributed by atoms with Crippen LogP contribution in [0.25, 0.3) is 0 Å². The van der Waals surface area contributed by atoms with E-state index in [9.17, 15) is 9.59 Å². The van der Waals surface area contributed by atoms with E-state index in [0.29, 0.717) is 13.0 Å². The average molecular weight is 241 g/mol. The smallest absolute Gasteiger partial charge is 0.411 e. The van der Waals surface area contributed by atoms with E-state index in [4.69, 9.17) is 9.84 Å². The van der Waals surface area contributed by atoms with Crippen molar-refractivity contribution in [2.75, 3.05) is 6.54 Å². The summed E-state index contributed by atoms with van der Waals surface area (Å²) in [5.74, 6) is -1.22. The van der Waals surface area contributed by atoms with Gasteiger partial charge in [-0.15, -0.1) is 6.58 Å². The number of carbonyl (C=O) groups excluding carboxylic acids is 1. The topological polar surface area (TPSA) is 66.8 Å². The molecule has 0 spiro atoms. The summed E-state index contributed by atoms with van der Waals surface area (Å²) in [5, 5.41) is 9.14. The normalized spacial score (nSPS) is 24.5. The maximum absolute atomic E-state index is 11.8. The van der Waals surface area contributed by atoms with Crippen LogP contribution in [0.1, 0.15) is 27.2 Å². The minimum Gasteiger partial charge on any atom is -0.480 e. The molecule has 0 aliphatic carbocycles. The van der Waals surface area contributed by atoms with Gasteiger partial charge < -0.3 is 9.84 Å². The molecule has 1 amide bonds. The number of hydrogen-bond acceptors (Lipinski definition) is 3. The first-order valence-corrected chi connectivity index (χ1v) is 5.61. The molecule has 0 radical (unpaired) electrons. The quantitative estimate of drug-likeness (QED) is 0.749. The zero-order chi connectivity index (χ0) is 13.2. The van der Waals surface area contributed by atoms with E-state index in [2.05, 4.69) is 6.58 Å². The van der Waals surface area contributed by atoms with Crippen molar-refractivity contribution < 1.29 is 19.4 Å². The van der Waals surface area contributed by atoms with Crippen LogP contribution in [-0.2, 0) is 9.53 Å². The van der Waals surface area contributed by atoms with Crippen molar-refractivity contribution in [1.29, 1.82) is 0 Å². The predicted octanol–water partition coefficient (Wildman–Crippen LogP) is 1.88. The fourth-order valence-electron chi connectivity index (χ4n) is 1.90. The fraction of sp³-hybridized carbons (Fsp3) is 0.667. The summed E-state index contributed by atoms with van der Waals surface area (Å²) in [6.07, 6.45) is 1.62. The van der Waals surface area contributed by atoms with Gasteiger partial charge in [0.05, 0.1) is 0 Å². The van der Waals surface area contributed by atoms with E-state index < -0.39 is 23.7 Å². The first-order chi connectivity index (χ1) is 7.76. The lowest BCUT2D eigenvalue weighted by molar-refractivity contribution is -0.142. The lowest BCUT2D eigenvalue weighted by atomic mass is 10.0.